The zero-order chi connectivity index (χ0) is 24.4. The van der Waals surface area contributed by atoms with E-state index in [4.69, 9.17) is 19.7 Å². The lowest BCUT2D eigenvalue weighted by Crippen LogP contribution is -2.46. The number of likely N-dealkylation sites (N-methyl/N-ethyl adjacent to an activating group) is 1. The van der Waals surface area contributed by atoms with Gasteiger partial charge in [0.15, 0.2) is 0 Å². The fourth-order valence-corrected chi connectivity index (χ4v) is 4.26. The normalized spacial score (nSPS) is 16.1. The van der Waals surface area contributed by atoms with E-state index in [1.54, 1.807) is 12.1 Å². The first-order chi connectivity index (χ1) is 15.6. The molecule has 1 aromatic rings. The van der Waals surface area contributed by atoms with E-state index in [9.17, 15) is 19.2 Å². The highest BCUT2D eigenvalue weighted by molar-refractivity contribution is 5.78. The van der Waals surface area contributed by atoms with Crippen LogP contribution in [0.3, 0.4) is 0 Å². The summed E-state index contributed by atoms with van der Waals surface area (Å²) in [4.78, 5) is 47.9. The second kappa shape index (κ2) is 12.3. The summed E-state index contributed by atoms with van der Waals surface area (Å²) in [6, 6.07) is 6.96. The molecule has 1 aliphatic carbocycles. The number of carboxylic acids is 2. The van der Waals surface area contributed by atoms with Crippen LogP contribution >= 0.6 is 0 Å². The SMILES string of the molecule is CN(C)CC(c1ccc(OC(=O)CCC(=O)O)cc1)C1(OC(=O)CCC(=O)O)CCCCC1. The molecule has 0 saturated heterocycles. The first-order valence-corrected chi connectivity index (χ1v) is 11.2. The third-order valence-corrected chi connectivity index (χ3v) is 5.80. The van der Waals surface area contributed by atoms with E-state index < -0.39 is 29.5 Å². The Morgan fingerprint density at radius 1 is 0.879 bits per heavy atom. The predicted molar refractivity (Wildman–Crippen MR) is 119 cm³/mol. The molecule has 0 aromatic heterocycles. The molecule has 2 N–H and O–H groups in total. The number of nitrogens with zero attached hydrogens (tertiary/aromatic N) is 1. The van der Waals surface area contributed by atoms with Crippen LogP contribution in [0.5, 0.6) is 5.75 Å². The topological polar surface area (TPSA) is 130 Å². The molecule has 0 bridgehead atoms. The minimum absolute atomic E-state index is 0.154. The number of ether oxygens (including phenoxy) is 2. The molecule has 0 amide bonds. The molecule has 1 aromatic carbocycles. The lowest BCUT2D eigenvalue weighted by atomic mass is 9.72. The van der Waals surface area contributed by atoms with Gasteiger partial charge in [-0.3, -0.25) is 19.2 Å². The van der Waals surface area contributed by atoms with E-state index in [1.807, 2.05) is 31.1 Å². The van der Waals surface area contributed by atoms with E-state index in [1.165, 1.54) is 0 Å². The average molecular weight is 464 g/mol. The maximum Gasteiger partial charge on any atom is 0.311 e. The molecule has 0 spiro atoms. The van der Waals surface area contributed by atoms with Gasteiger partial charge in [-0.05, 0) is 57.5 Å². The number of carbonyl (C=O) groups is 4. The largest absolute Gasteiger partial charge is 0.481 e. The molecule has 0 radical (unpaired) electrons. The Kier molecular flexibility index (Phi) is 9.84. The number of aliphatic carboxylic acids is 2. The van der Waals surface area contributed by atoms with Crippen molar-refractivity contribution in [2.45, 2.75) is 69.3 Å². The second-order valence-electron chi connectivity index (χ2n) is 8.74. The zero-order valence-corrected chi connectivity index (χ0v) is 19.2. The van der Waals surface area contributed by atoms with Gasteiger partial charge in [0, 0.05) is 12.5 Å². The molecular formula is C24H33NO8. The van der Waals surface area contributed by atoms with Crippen molar-refractivity contribution in [1.82, 2.24) is 4.90 Å². The quantitative estimate of drug-likeness (QED) is 0.354. The maximum atomic E-state index is 12.5. The molecule has 0 heterocycles. The molecule has 1 atom stereocenters. The molecule has 2 rings (SSSR count). The van der Waals surface area contributed by atoms with Gasteiger partial charge >= 0.3 is 23.9 Å². The number of rotatable bonds is 12. The van der Waals surface area contributed by atoms with Gasteiger partial charge in [-0.15, -0.1) is 0 Å². The summed E-state index contributed by atoms with van der Waals surface area (Å²) in [6.45, 7) is 0.615. The predicted octanol–water partition coefficient (Wildman–Crippen LogP) is 3.21. The maximum absolute atomic E-state index is 12.5. The van der Waals surface area contributed by atoms with Crippen molar-refractivity contribution in [3.05, 3.63) is 29.8 Å². The van der Waals surface area contributed by atoms with Crippen molar-refractivity contribution < 1.29 is 38.9 Å². The van der Waals surface area contributed by atoms with Crippen LogP contribution in [-0.2, 0) is 23.9 Å². The van der Waals surface area contributed by atoms with Gasteiger partial charge in [-0.1, -0.05) is 18.6 Å². The number of benzene rings is 1. The van der Waals surface area contributed by atoms with Gasteiger partial charge in [0.1, 0.15) is 11.4 Å². The standard InChI is InChI=1S/C24H33NO8/c1-25(2)16-19(17-6-8-18(9-7-17)32-22(30)12-10-20(26)27)24(14-4-3-5-15-24)33-23(31)13-11-21(28)29/h6-9,19H,3-5,10-16H2,1-2H3,(H,26,27)(H,28,29). The number of carbonyl (C=O) groups excluding carboxylic acids is 2. The summed E-state index contributed by atoms with van der Waals surface area (Å²) in [5, 5.41) is 17.6. The lowest BCUT2D eigenvalue weighted by Gasteiger charge is -2.44. The van der Waals surface area contributed by atoms with Gasteiger partial charge in [0.2, 0.25) is 0 Å². The summed E-state index contributed by atoms with van der Waals surface area (Å²) >= 11 is 0. The number of esters is 2. The second-order valence-corrected chi connectivity index (χ2v) is 8.74. The third-order valence-electron chi connectivity index (χ3n) is 5.80. The first kappa shape index (κ1) is 26.3. The molecular weight excluding hydrogens is 430 g/mol. The zero-order valence-electron chi connectivity index (χ0n) is 19.2. The molecule has 1 aliphatic rings. The summed E-state index contributed by atoms with van der Waals surface area (Å²) < 4.78 is 11.2. The molecule has 9 heteroatoms. The molecule has 1 fully saturated rings. The van der Waals surface area contributed by atoms with Crippen molar-refractivity contribution in [2.24, 2.45) is 0 Å². The van der Waals surface area contributed by atoms with Crippen molar-refractivity contribution in [2.75, 3.05) is 20.6 Å². The molecule has 1 unspecified atom stereocenters. The highest BCUT2D eigenvalue weighted by Gasteiger charge is 2.44. The first-order valence-electron chi connectivity index (χ1n) is 11.2. The monoisotopic (exact) mass is 463 g/mol. The Hall–Kier alpha value is -2.94. The number of carboxylic acid groups (broad SMARTS) is 2. The highest BCUT2D eigenvalue weighted by Crippen LogP contribution is 2.44. The number of hydrogen-bond acceptors (Lipinski definition) is 7. The van der Waals surface area contributed by atoms with Crippen LogP contribution in [0.15, 0.2) is 24.3 Å². The Morgan fingerprint density at radius 3 is 1.94 bits per heavy atom. The van der Waals surface area contributed by atoms with E-state index in [-0.39, 0.29) is 31.6 Å². The van der Waals surface area contributed by atoms with Gasteiger partial charge in [0.05, 0.1) is 25.7 Å². The molecule has 33 heavy (non-hydrogen) atoms. The smallest absolute Gasteiger partial charge is 0.311 e. The minimum Gasteiger partial charge on any atom is -0.481 e. The van der Waals surface area contributed by atoms with Crippen LogP contribution in [0.1, 0.15) is 69.3 Å². The van der Waals surface area contributed by atoms with Crippen LogP contribution in [-0.4, -0.2) is 65.2 Å². The van der Waals surface area contributed by atoms with E-state index >= 15 is 0 Å². The number of hydrogen-bond donors (Lipinski definition) is 2. The van der Waals surface area contributed by atoms with Crippen molar-refractivity contribution in [3.63, 3.8) is 0 Å². The Bertz CT molecular complexity index is 827. The van der Waals surface area contributed by atoms with Gasteiger partial charge < -0.3 is 24.6 Å². The van der Waals surface area contributed by atoms with Crippen LogP contribution < -0.4 is 4.74 Å². The van der Waals surface area contributed by atoms with Crippen molar-refractivity contribution in [3.8, 4) is 5.75 Å². The molecule has 1 saturated carbocycles. The van der Waals surface area contributed by atoms with Gasteiger partial charge in [0.25, 0.3) is 0 Å². The summed E-state index contributed by atoms with van der Waals surface area (Å²) in [6.07, 6.45) is 3.31. The Balaban J connectivity index is 2.23. The fraction of sp³-hybridized carbons (Fsp3) is 0.583. The van der Waals surface area contributed by atoms with Crippen LogP contribution in [0.25, 0.3) is 0 Å². The average Bonchev–Trinajstić information content (AvgIpc) is 2.76. The van der Waals surface area contributed by atoms with Crippen LogP contribution in [0, 0.1) is 0 Å². The summed E-state index contributed by atoms with van der Waals surface area (Å²) in [5.41, 5.74) is 0.180. The highest BCUT2D eigenvalue weighted by atomic mass is 16.6. The Labute approximate surface area is 193 Å². The lowest BCUT2D eigenvalue weighted by molar-refractivity contribution is -0.168. The van der Waals surface area contributed by atoms with Crippen LogP contribution in [0.4, 0.5) is 0 Å². The Morgan fingerprint density at radius 2 is 1.42 bits per heavy atom. The van der Waals surface area contributed by atoms with E-state index in [2.05, 4.69) is 0 Å². The van der Waals surface area contributed by atoms with E-state index in [0.717, 1.165) is 24.8 Å². The summed E-state index contributed by atoms with van der Waals surface area (Å²) in [7, 11) is 3.88. The van der Waals surface area contributed by atoms with E-state index in [0.29, 0.717) is 25.1 Å². The van der Waals surface area contributed by atoms with Crippen molar-refractivity contribution >= 4 is 23.9 Å². The van der Waals surface area contributed by atoms with Gasteiger partial charge in [-0.25, -0.2) is 0 Å². The third kappa shape index (κ3) is 8.49. The molecule has 182 valence electrons. The fourth-order valence-electron chi connectivity index (χ4n) is 4.26. The summed E-state index contributed by atoms with van der Waals surface area (Å²) in [5.74, 6) is -3.07. The molecule has 0 aliphatic heterocycles. The molecule has 9 nitrogen and oxygen atoms in total. The minimum atomic E-state index is -1.07. The van der Waals surface area contributed by atoms with Crippen molar-refractivity contribution in [1.29, 1.82) is 0 Å². The van der Waals surface area contributed by atoms with Gasteiger partial charge in [-0.2, -0.15) is 0 Å². The van der Waals surface area contributed by atoms with Crippen LogP contribution in [0.2, 0.25) is 0 Å².